The molecule has 0 N–H and O–H groups in total. The van der Waals surface area contributed by atoms with E-state index in [0.29, 0.717) is 5.92 Å². The molecule has 2 aromatic carbocycles. The molecule has 0 saturated heterocycles. The summed E-state index contributed by atoms with van der Waals surface area (Å²) >= 11 is 0. The number of unbranched alkanes of at least 4 members (excludes halogenated alkanes) is 3. The molecule has 0 heterocycles. The number of hydrogen-bond donors (Lipinski definition) is 0. The lowest BCUT2D eigenvalue weighted by molar-refractivity contribution is 0.113. The lowest BCUT2D eigenvalue weighted by Crippen LogP contribution is -2.30. The highest BCUT2D eigenvalue weighted by molar-refractivity contribution is 5.84. The predicted octanol–water partition coefficient (Wildman–Crippen LogP) is 9.76. The molecule has 32 heavy (non-hydrogen) atoms. The third kappa shape index (κ3) is 5.83. The third-order valence-corrected chi connectivity index (χ3v) is 8.50. The van der Waals surface area contributed by atoms with E-state index in [9.17, 15) is 4.39 Å². The Kier molecular flexibility index (Phi) is 8.44. The SMILES string of the molecule is C/C=C/CCc1cc2ccc(C3CCC4CC(CCCCCC)CCC4C3)cc2cc1F. The number of fused-ring (bicyclic) bond motifs is 2. The third-order valence-electron chi connectivity index (χ3n) is 8.50. The monoisotopic (exact) mass is 434 g/mol. The second-order valence-corrected chi connectivity index (χ2v) is 10.7. The Balaban J connectivity index is 1.37. The first kappa shape index (κ1) is 23.5. The molecular formula is C31H43F. The number of rotatable bonds is 9. The van der Waals surface area contributed by atoms with Gasteiger partial charge in [0, 0.05) is 0 Å². The largest absolute Gasteiger partial charge is 0.207 e. The minimum absolute atomic E-state index is 0.0416. The minimum atomic E-state index is -0.0416. The van der Waals surface area contributed by atoms with Gasteiger partial charge in [-0.2, -0.15) is 0 Å². The van der Waals surface area contributed by atoms with Crippen LogP contribution in [0.1, 0.15) is 108 Å². The maximum atomic E-state index is 14.7. The Morgan fingerprint density at radius 1 is 0.906 bits per heavy atom. The molecule has 4 unspecified atom stereocenters. The molecule has 2 saturated carbocycles. The highest BCUT2D eigenvalue weighted by Gasteiger charge is 2.35. The normalized spacial score (nSPS) is 26.0. The van der Waals surface area contributed by atoms with Gasteiger partial charge in [-0.1, -0.05) is 75.8 Å². The van der Waals surface area contributed by atoms with Crippen LogP contribution in [0.3, 0.4) is 0 Å². The summed E-state index contributed by atoms with van der Waals surface area (Å²) in [4.78, 5) is 0. The fourth-order valence-electron chi connectivity index (χ4n) is 6.60. The van der Waals surface area contributed by atoms with Gasteiger partial charge in [0.25, 0.3) is 0 Å². The van der Waals surface area contributed by atoms with E-state index in [1.54, 1.807) is 6.07 Å². The smallest absolute Gasteiger partial charge is 0.127 e. The zero-order valence-electron chi connectivity index (χ0n) is 20.4. The van der Waals surface area contributed by atoms with Crippen molar-refractivity contribution in [1.82, 2.24) is 0 Å². The maximum absolute atomic E-state index is 14.7. The molecule has 0 nitrogen and oxygen atoms in total. The Bertz CT molecular complexity index is 895. The van der Waals surface area contributed by atoms with Crippen LogP contribution in [0.25, 0.3) is 10.8 Å². The summed E-state index contributed by atoms with van der Waals surface area (Å²) in [5.41, 5.74) is 2.29. The minimum Gasteiger partial charge on any atom is -0.207 e. The first-order valence-electron chi connectivity index (χ1n) is 13.5. The van der Waals surface area contributed by atoms with Gasteiger partial charge in [-0.3, -0.25) is 0 Å². The molecule has 2 fully saturated rings. The van der Waals surface area contributed by atoms with E-state index in [0.717, 1.165) is 41.5 Å². The molecule has 4 atom stereocenters. The van der Waals surface area contributed by atoms with Crippen LogP contribution in [0.4, 0.5) is 4.39 Å². The van der Waals surface area contributed by atoms with Gasteiger partial charge in [0.05, 0.1) is 0 Å². The topological polar surface area (TPSA) is 0 Å². The van der Waals surface area contributed by atoms with Crippen molar-refractivity contribution >= 4 is 10.8 Å². The lowest BCUT2D eigenvalue weighted by Gasteiger charge is -2.42. The molecule has 174 valence electrons. The Morgan fingerprint density at radius 3 is 2.59 bits per heavy atom. The average Bonchev–Trinajstić information content (AvgIpc) is 2.81. The van der Waals surface area contributed by atoms with Crippen LogP contribution in [-0.4, -0.2) is 0 Å². The predicted molar refractivity (Wildman–Crippen MR) is 137 cm³/mol. The number of halogens is 1. The number of allylic oxidation sites excluding steroid dienone is 2. The van der Waals surface area contributed by atoms with Crippen molar-refractivity contribution in [2.75, 3.05) is 0 Å². The first-order valence-corrected chi connectivity index (χ1v) is 13.5. The molecule has 0 aliphatic heterocycles. The van der Waals surface area contributed by atoms with Crippen molar-refractivity contribution in [2.24, 2.45) is 17.8 Å². The molecule has 0 spiro atoms. The standard InChI is InChI=1S/C31H43F/c1-3-5-7-9-10-23-12-13-25-19-26(15-14-24(25)18-23)27-16-17-28-20-29(11-8-6-4-2)31(32)22-30(28)21-27/h4,6,16-17,20-26H,3,5,7-15,18-19H2,1-2H3/b6-4+. The van der Waals surface area contributed by atoms with Crippen molar-refractivity contribution in [3.63, 3.8) is 0 Å². The quantitative estimate of drug-likeness (QED) is 0.272. The average molecular weight is 435 g/mol. The summed E-state index contributed by atoms with van der Waals surface area (Å²) in [6.07, 6.45) is 21.4. The van der Waals surface area contributed by atoms with Gasteiger partial charge in [-0.15, -0.1) is 0 Å². The van der Waals surface area contributed by atoms with Gasteiger partial charge in [0.15, 0.2) is 0 Å². The second kappa shape index (κ2) is 11.5. The van der Waals surface area contributed by atoms with Gasteiger partial charge < -0.3 is 0 Å². The molecule has 0 aromatic heterocycles. The fraction of sp³-hybridized carbons (Fsp3) is 0.613. The molecule has 0 radical (unpaired) electrons. The van der Waals surface area contributed by atoms with Gasteiger partial charge in [0.2, 0.25) is 0 Å². The molecule has 2 aliphatic rings. The van der Waals surface area contributed by atoms with Crippen LogP contribution < -0.4 is 0 Å². The van der Waals surface area contributed by atoms with Crippen LogP contribution >= 0.6 is 0 Å². The van der Waals surface area contributed by atoms with Crippen molar-refractivity contribution in [2.45, 2.75) is 103 Å². The summed E-state index contributed by atoms with van der Waals surface area (Å²) in [6, 6.07) is 10.7. The number of hydrogen-bond acceptors (Lipinski definition) is 0. The molecule has 2 aliphatic carbocycles. The molecule has 0 bridgehead atoms. The molecular weight excluding hydrogens is 391 g/mol. The van der Waals surface area contributed by atoms with E-state index in [2.05, 4.69) is 37.3 Å². The molecule has 0 amide bonds. The number of benzene rings is 2. The summed E-state index contributed by atoms with van der Waals surface area (Å²) in [6.45, 7) is 4.32. The van der Waals surface area contributed by atoms with Crippen molar-refractivity contribution < 1.29 is 4.39 Å². The molecule has 2 aromatic rings. The van der Waals surface area contributed by atoms with E-state index >= 15 is 0 Å². The van der Waals surface area contributed by atoms with Crippen LogP contribution in [0, 0.1) is 23.6 Å². The first-order chi connectivity index (χ1) is 15.7. The summed E-state index contributed by atoms with van der Waals surface area (Å²) in [5.74, 6) is 3.51. The summed E-state index contributed by atoms with van der Waals surface area (Å²) in [5, 5.41) is 2.26. The van der Waals surface area contributed by atoms with E-state index in [4.69, 9.17) is 0 Å². The number of aryl methyl sites for hydroxylation is 1. The molecule has 4 rings (SSSR count). The van der Waals surface area contributed by atoms with Crippen LogP contribution in [0.5, 0.6) is 0 Å². The summed E-state index contributed by atoms with van der Waals surface area (Å²) < 4.78 is 14.7. The van der Waals surface area contributed by atoms with Gasteiger partial charge in [-0.25, -0.2) is 4.39 Å². The van der Waals surface area contributed by atoms with E-state index in [1.807, 2.05) is 13.0 Å². The zero-order valence-corrected chi connectivity index (χ0v) is 20.4. The van der Waals surface area contributed by atoms with Crippen molar-refractivity contribution in [1.29, 1.82) is 0 Å². The molecule has 1 heteroatoms. The van der Waals surface area contributed by atoms with E-state index in [-0.39, 0.29) is 5.82 Å². The van der Waals surface area contributed by atoms with Crippen molar-refractivity contribution in [3.05, 3.63) is 59.4 Å². The second-order valence-electron chi connectivity index (χ2n) is 10.7. The Hall–Kier alpha value is -1.63. The van der Waals surface area contributed by atoms with E-state index in [1.165, 1.54) is 81.6 Å². The van der Waals surface area contributed by atoms with Crippen LogP contribution in [0.2, 0.25) is 0 Å². The van der Waals surface area contributed by atoms with Gasteiger partial charge in [-0.05, 0) is 110 Å². The highest BCUT2D eigenvalue weighted by atomic mass is 19.1. The maximum Gasteiger partial charge on any atom is 0.127 e. The van der Waals surface area contributed by atoms with Gasteiger partial charge >= 0.3 is 0 Å². The Labute approximate surface area is 195 Å². The van der Waals surface area contributed by atoms with Crippen LogP contribution in [0.15, 0.2) is 42.5 Å². The van der Waals surface area contributed by atoms with Crippen LogP contribution in [-0.2, 0) is 6.42 Å². The Morgan fingerprint density at radius 2 is 1.75 bits per heavy atom. The van der Waals surface area contributed by atoms with Crippen molar-refractivity contribution in [3.8, 4) is 0 Å². The van der Waals surface area contributed by atoms with Gasteiger partial charge in [0.1, 0.15) is 5.82 Å². The van der Waals surface area contributed by atoms with E-state index < -0.39 is 0 Å². The highest BCUT2D eigenvalue weighted by Crippen LogP contribution is 2.48. The summed E-state index contributed by atoms with van der Waals surface area (Å²) in [7, 11) is 0. The zero-order chi connectivity index (χ0) is 22.3. The fourth-order valence-corrected chi connectivity index (χ4v) is 6.60. The lowest BCUT2D eigenvalue weighted by atomic mass is 9.63.